The van der Waals surface area contributed by atoms with E-state index in [4.69, 9.17) is 4.42 Å². The lowest BCUT2D eigenvalue weighted by molar-refractivity contribution is 0.318. The molecule has 0 unspecified atom stereocenters. The third kappa shape index (κ3) is 3.55. The summed E-state index contributed by atoms with van der Waals surface area (Å²) >= 11 is 0. The van der Waals surface area contributed by atoms with Gasteiger partial charge in [-0.05, 0) is 49.8 Å². The molecule has 23 heavy (non-hydrogen) atoms. The van der Waals surface area contributed by atoms with Crippen LogP contribution in [0, 0.1) is 12.8 Å². The zero-order chi connectivity index (χ0) is 15.6. The number of rotatable bonds is 6. The molecule has 4 rings (SSSR count). The number of nitrogens with one attached hydrogen (secondary N) is 1. The topological polar surface area (TPSA) is 54.2 Å². The summed E-state index contributed by atoms with van der Waals surface area (Å²) in [5.74, 6) is 1.98. The molecule has 0 bridgehead atoms. The summed E-state index contributed by atoms with van der Waals surface area (Å²) in [4.78, 5) is 2.54. The molecule has 5 nitrogen and oxygen atoms in total. The van der Waals surface area contributed by atoms with E-state index in [1.54, 1.807) is 0 Å². The Morgan fingerprint density at radius 2 is 2.09 bits per heavy atom. The highest BCUT2D eigenvalue weighted by molar-refractivity contribution is 5.25. The highest BCUT2D eigenvalue weighted by Crippen LogP contribution is 2.39. The first kappa shape index (κ1) is 14.7. The minimum Gasteiger partial charge on any atom is -0.408 e. The first-order valence-electron chi connectivity index (χ1n) is 8.62. The first-order chi connectivity index (χ1) is 11.3. The quantitative estimate of drug-likeness (QED) is 0.888. The van der Waals surface area contributed by atoms with Crippen molar-refractivity contribution in [2.75, 3.05) is 25.0 Å². The monoisotopic (exact) mass is 312 g/mol. The summed E-state index contributed by atoms with van der Waals surface area (Å²) in [7, 11) is 0. The van der Waals surface area contributed by atoms with Gasteiger partial charge in [0.1, 0.15) is 0 Å². The van der Waals surface area contributed by atoms with Crippen LogP contribution >= 0.6 is 0 Å². The summed E-state index contributed by atoms with van der Waals surface area (Å²) in [5, 5.41) is 11.5. The van der Waals surface area contributed by atoms with Crippen LogP contribution in [-0.4, -0.2) is 34.7 Å². The fraction of sp³-hybridized carbons (Fsp3) is 0.556. The molecule has 1 aromatic carbocycles. The van der Waals surface area contributed by atoms with E-state index in [0.29, 0.717) is 17.9 Å². The first-order valence-corrected chi connectivity index (χ1v) is 8.62. The minimum absolute atomic E-state index is 0.522. The van der Waals surface area contributed by atoms with Crippen molar-refractivity contribution in [2.45, 2.75) is 38.6 Å². The lowest BCUT2D eigenvalue weighted by Gasteiger charge is -2.17. The Labute approximate surface area is 137 Å². The summed E-state index contributed by atoms with van der Waals surface area (Å²) in [5.41, 5.74) is 2.82. The van der Waals surface area contributed by atoms with E-state index in [1.807, 2.05) is 0 Å². The van der Waals surface area contributed by atoms with E-state index in [1.165, 1.54) is 30.4 Å². The SMILES string of the molecule is Cc1ccccc1CN1CC[C@H](CNc2nnc(C3CC3)o2)C1. The van der Waals surface area contributed by atoms with Crippen molar-refractivity contribution in [2.24, 2.45) is 5.92 Å². The van der Waals surface area contributed by atoms with Gasteiger partial charge in [0, 0.05) is 25.6 Å². The van der Waals surface area contributed by atoms with Gasteiger partial charge in [-0.1, -0.05) is 29.4 Å². The van der Waals surface area contributed by atoms with E-state index in [9.17, 15) is 0 Å². The van der Waals surface area contributed by atoms with Crippen LogP contribution < -0.4 is 5.32 Å². The van der Waals surface area contributed by atoms with E-state index in [0.717, 1.165) is 32.1 Å². The van der Waals surface area contributed by atoms with E-state index in [-0.39, 0.29) is 0 Å². The molecule has 1 N–H and O–H groups in total. The second kappa shape index (κ2) is 6.32. The zero-order valence-electron chi connectivity index (χ0n) is 13.7. The molecule has 1 aromatic heterocycles. The molecular formula is C18H24N4O. The number of anilines is 1. The van der Waals surface area contributed by atoms with Gasteiger partial charge in [0.15, 0.2) is 0 Å². The number of aromatic nitrogens is 2. The van der Waals surface area contributed by atoms with Crippen molar-refractivity contribution in [3.8, 4) is 0 Å². The smallest absolute Gasteiger partial charge is 0.315 e. The van der Waals surface area contributed by atoms with Gasteiger partial charge in [-0.3, -0.25) is 4.90 Å². The Balaban J connectivity index is 1.26. The van der Waals surface area contributed by atoms with Gasteiger partial charge in [-0.2, -0.15) is 0 Å². The van der Waals surface area contributed by atoms with Crippen LogP contribution in [0.3, 0.4) is 0 Å². The molecule has 1 atom stereocenters. The maximum absolute atomic E-state index is 5.66. The summed E-state index contributed by atoms with van der Waals surface area (Å²) in [6.07, 6.45) is 3.61. The molecule has 122 valence electrons. The highest BCUT2D eigenvalue weighted by Gasteiger charge is 2.29. The van der Waals surface area contributed by atoms with Gasteiger partial charge in [0.05, 0.1) is 0 Å². The van der Waals surface area contributed by atoms with Crippen molar-refractivity contribution < 1.29 is 4.42 Å². The molecule has 2 fully saturated rings. The normalized spacial score (nSPS) is 21.7. The van der Waals surface area contributed by atoms with Crippen molar-refractivity contribution >= 4 is 6.01 Å². The van der Waals surface area contributed by atoms with Crippen LogP contribution in [-0.2, 0) is 6.54 Å². The number of hydrogen-bond acceptors (Lipinski definition) is 5. The van der Waals surface area contributed by atoms with Crippen LogP contribution in [0.4, 0.5) is 6.01 Å². The number of nitrogens with zero attached hydrogens (tertiary/aromatic N) is 3. The molecular weight excluding hydrogens is 288 g/mol. The van der Waals surface area contributed by atoms with Crippen LogP contribution in [0.25, 0.3) is 0 Å². The second-order valence-corrected chi connectivity index (χ2v) is 6.92. The highest BCUT2D eigenvalue weighted by atomic mass is 16.4. The number of likely N-dealkylation sites (tertiary alicyclic amines) is 1. The average Bonchev–Trinajstić information content (AvgIpc) is 3.13. The number of benzene rings is 1. The molecule has 2 aromatic rings. The molecule has 1 saturated heterocycles. The molecule has 2 aliphatic rings. The predicted octanol–water partition coefficient (Wildman–Crippen LogP) is 3.19. The van der Waals surface area contributed by atoms with Gasteiger partial charge in [-0.25, -0.2) is 0 Å². The van der Waals surface area contributed by atoms with Crippen molar-refractivity contribution in [3.05, 3.63) is 41.3 Å². The summed E-state index contributed by atoms with van der Waals surface area (Å²) < 4.78 is 5.66. The Kier molecular flexibility index (Phi) is 4.04. The van der Waals surface area contributed by atoms with Crippen molar-refractivity contribution in [3.63, 3.8) is 0 Å². The molecule has 1 saturated carbocycles. The maximum Gasteiger partial charge on any atom is 0.315 e. The third-order valence-electron chi connectivity index (χ3n) is 4.93. The van der Waals surface area contributed by atoms with Gasteiger partial charge in [0.2, 0.25) is 5.89 Å². The average molecular weight is 312 g/mol. The van der Waals surface area contributed by atoms with E-state index >= 15 is 0 Å². The number of aryl methyl sites for hydroxylation is 1. The zero-order valence-corrected chi connectivity index (χ0v) is 13.7. The van der Waals surface area contributed by atoms with Gasteiger partial charge in [-0.15, -0.1) is 5.10 Å². The van der Waals surface area contributed by atoms with Crippen LogP contribution in [0.2, 0.25) is 0 Å². The fourth-order valence-corrected chi connectivity index (χ4v) is 3.28. The third-order valence-corrected chi connectivity index (χ3v) is 4.93. The van der Waals surface area contributed by atoms with Gasteiger partial charge < -0.3 is 9.73 Å². The molecule has 0 amide bonds. The Hall–Kier alpha value is -1.88. The van der Waals surface area contributed by atoms with Crippen LogP contribution in [0.1, 0.15) is 42.2 Å². The predicted molar refractivity (Wildman–Crippen MR) is 89.3 cm³/mol. The molecule has 5 heteroatoms. The molecule has 1 aliphatic heterocycles. The minimum atomic E-state index is 0.522. The number of hydrogen-bond donors (Lipinski definition) is 1. The molecule has 0 radical (unpaired) electrons. The summed E-state index contributed by atoms with van der Waals surface area (Å²) in [6.45, 7) is 6.45. The summed E-state index contributed by atoms with van der Waals surface area (Å²) in [6, 6.07) is 9.25. The van der Waals surface area contributed by atoms with Gasteiger partial charge in [0.25, 0.3) is 0 Å². The lowest BCUT2D eigenvalue weighted by atomic mass is 10.1. The molecule has 0 spiro atoms. The standard InChI is InChI=1S/C18H24N4O/c1-13-4-2-3-5-16(13)12-22-9-8-14(11-22)10-19-18-21-20-17(23-18)15-6-7-15/h2-5,14-15H,6-12H2,1H3,(H,19,21)/t14-/m1/s1. The van der Waals surface area contributed by atoms with E-state index in [2.05, 4.69) is 51.6 Å². The second-order valence-electron chi connectivity index (χ2n) is 6.92. The molecule has 2 heterocycles. The Morgan fingerprint density at radius 1 is 1.22 bits per heavy atom. The maximum atomic E-state index is 5.66. The van der Waals surface area contributed by atoms with Crippen molar-refractivity contribution in [1.29, 1.82) is 0 Å². The van der Waals surface area contributed by atoms with Gasteiger partial charge >= 0.3 is 6.01 Å². The largest absolute Gasteiger partial charge is 0.408 e. The Morgan fingerprint density at radius 3 is 2.91 bits per heavy atom. The fourth-order valence-electron chi connectivity index (χ4n) is 3.28. The van der Waals surface area contributed by atoms with E-state index < -0.39 is 0 Å². The van der Waals surface area contributed by atoms with Crippen molar-refractivity contribution in [1.82, 2.24) is 15.1 Å². The van der Waals surface area contributed by atoms with Crippen LogP contribution in [0.15, 0.2) is 28.7 Å². The lowest BCUT2D eigenvalue weighted by Crippen LogP contribution is -2.23. The van der Waals surface area contributed by atoms with Crippen LogP contribution in [0.5, 0.6) is 0 Å². The molecule has 1 aliphatic carbocycles. The Bertz CT molecular complexity index is 665.